The number of hydrogen-bond donors (Lipinski definition) is 2. The van der Waals surface area contributed by atoms with Crippen LogP contribution >= 0.6 is 0 Å². The molecular formula is C20H23N3O2. The van der Waals surface area contributed by atoms with Gasteiger partial charge in [0.1, 0.15) is 0 Å². The molecule has 5 heteroatoms. The first-order valence-electron chi connectivity index (χ1n) is 8.14. The molecule has 2 aromatic rings. The second kappa shape index (κ2) is 9.27. The van der Waals surface area contributed by atoms with E-state index in [1.54, 1.807) is 18.2 Å². The van der Waals surface area contributed by atoms with Gasteiger partial charge in [-0.2, -0.15) is 0 Å². The zero-order valence-corrected chi connectivity index (χ0v) is 14.5. The summed E-state index contributed by atoms with van der Waals surface area (Å²) in [6, 6.07) is 17.3. The van der Waals surface area contributed by atoms with Crippen LogP contribution < -0.4 is 15.5 Å². The van der Waals surface area contributed by atoms with Gasteiger partial charge in [-0.25, -0.2) is 0 Å². The molecule has 0 aliphatic rings. The predicted molar refractivity (Wildman–Crippen MR) is 103 cm³/mol. The number of para-hydroxylation sites is 1. The molecule has 0 bridgehead atoms. The van der Waals surface area contributed by atoms with Gasteiger partial charge in [-0.1, -0.05) is 30.3 Å². The van der Waals surface area contributed by atoms with Crippen molar-refractivity contribution < 1.29 is 9.59 Å². The lowest BCUT2D eigenvalue weighted by atomic mass is 10.2. The number of anilines is 2. The third-order valence-corrected chi connectivity index (χ3v) is 3.60. The molecule has 25 heavy (non-hydrogen) atoms. The number of benzene rings is 2. The number of likely N-dealkylation sites (N-methyl/N-ethyl adjacent to an activating group) is 1. The molecule has 2 N–H and O–H groups in total. The Labute approximate surface area is 148 Å². The lowest BCUT2D eigenvalue weighted by molar-refractivity contribution is -0.116. The first-order valence-corrected chi connectivity index (χ1v) is 8.14. The van der Waals surface area contributed by atoms with Crippen LogP contribution in [-0.2, 0) is 9.59 Å². The van der Waals surface area contributed by atoms with Crippen molar-refractivity contribution in [2.75, 3.05) is 30.4 Å². The van der Waals surface area contributed by atoms with Gasteiger partial charge in [0, 0.05) is 44.5 Å². The minimum atomic E-state index is -0.132. The normalized spacial score (nSPS) is 10.5. The number of nitrogens with zero attached hydrogens (tertiary/aromatic N) is 1. The average molecular weight is 337 g/mol. The van der Waals surface area contributed by atoms with Crippen molar-refractivity contribution in [1.29, 1.82) is 0 Å². The van der Waals surface area contributed by atoms with Crippen molar-refractivity contribution in [3.05, 3.63) is 66.2 Å². The predicted octanol–water partition coefficient (Wildman–Crippen LogP) is 2.91. The number of rotatable bonds is 7. The van der Waals surface area contributed by atoms with Gasteiger partial charge in [0.15, 0.2) is 0 Å². The first-order chi connectivity index (χ1) is 12.0. The van der Waals surface area contributed by atoms with Crippen molar-refractivity contribution in [3.8, 4) is 0 Å². The Morgan fingerprint density at radius 1 is 1.04 bits per heavy atom. The van der Waals surface area contributed by atoms with Crippen molar-refractivity contribution >= 4 is 29.3 Å². The average Bonchev–Trinajstić information content (AvgIpc) is 2.61. The highest BCUT2D eigenvalue weighted by Crippen LogP contribution is 2.11. The molecule has 2 aromatic carbocycles. The highest BCUT2D eigenvalue weighted by molar-refractivity contribution is 5.92. The summed E-state index contributed by atoms with van der Waals surface area (Å²) >= 11 is 0. The van der Waals surface area contributed by atoms with Crippen LogP contribution in [0.25, 0.3) is 6.08 Å². The maximum Gasteiger partial charge on any atom is 0.244 e. The molecule has 0 aliphatic heterocycles. The van der Waals surface area contributed by atoms with E-state index >= 15 is 0 Å². The van der Waals surface area contributed by atoms with Gasteiger partial charge >= 0.3 is 0 Å². The highest BCUT2D eigenvalue weighted by Gasteiger charge is 2.01. The van der Waals surface area contributed by atoms with Crippen LogP contribution in [0, 0.1) is 0 Å². The van der Waals surface area contributed by atoms with Crippen LogP contribution in [0.2, 0.25) is 0 Å². The lowest BCUT2D eigenvalue weighted by Gasteiger charge is -2.19. The van der Waals surface area contributed by atoms with Crippen LogP contribution in [0.5, 0.6) is 0 Å². The van der Waals surface area contributed by atoms with E-state index in [4.69, 9.17) is 0 Å². The topological polar surface area (TPSA) is 61.4 Å². The van der Waals surface area contributed by atoms with E-state index in [1.165, 1.54) is 13.0 Å². The van der Waals surface area contributed by atoms with Gasteiger partial charge in [-0.3, -0.25) is 9.59 Å². The van der Waals surface area contributed by atoms with Crippen molar-refractivity contribution in [3.63, 3.8) is 0 Å². The zero-order chi connectivity index (χ0) is 18.1. The van der Waals surface area contributed by atoms with Gasteiger partial charge in [0.2, 0.25) is 11.8 Å². The van der Waals surface area contributed by atoms with Crippen molar-refractivity contribution in [2.45, 2.75) is 6.92 Å². The fraction of sp³-hybridized carbons (Fsp3) is 0.200. The molecule has 0 saturated carbocycles. The molecule has 0 atom stereocenters. The first kappa shape index (κ1) is 18.3. The molecule has 0 unspecified atom stereocenters. The lowest BCUT2D eigenvalue weighted by Crippen LogP contribution is -2.31. The second-order valence-corrected chi connectivity index (χ2v) is 5.68. The summed E-state index contributed by atoms with van der Waals surface area (Å²) < 4.78 is 0. The van der Waals surface area contributed by atoms with E-state index in [0.717, 1.165) is 23.5 Å². The molecule has 0 spiro atoms. The molecule has 2 rings (SSSR count). The summed E-state index contributed by atoms with van der Waals surface area (Å²) in [6.45, 7) is 2.76. The Kier molecular flexibility index (Phi) is 6.77. The summed E-state index contributed by atoms with van der Waals surface area (Å²) in [4.78, 5) is 24.9. The van der Waals surface area contributed by atoms with Gasteiger partial charge in [0.05, 0.1) is 0 Å². The van der Waals surface area contributed by atoms with E-state index < -0.39 is 0 Å². The van der Waals surface area contributed by atoms with Crippen LogP contribution in [0.3, 0.4) is 0 Å². The van der Waals surface area contributed by atoms with Gasteiger partial charge in [-0.05, 0) is 35.9 Å². The largest absolute Gasteiger partial charge is 0.373 e. The third kappa shape index (κ3) is 6.51. The number of carbonyl (C=O) groups excluding carboxylic acids is 2. The van der Waals surface area contributed by atoms with E-state index in [0.29, 0.717) is 6.54 Å². The summed E-state index contributed by atoms with van der Waals surface area (Å²) in [5.41, 5.74) is 2.75. The van der Waals surface area contributed by atoms with Gasteiger partial charge < -0.3 is 15.5 Å². The van der Waals surface area contributed by atoms with Crippen LogP contribution in [-0.4, -0.2) is 32.0 Å². The highest BCUT2D eigenvalue weighted by atomic mass is 16.2. The molecule has 0 aliphatic carbocycles. The number of carbonyl (C=O) groups is 2. The Morgan fingerprint density at radius 3 is 2.36 bits per heavy atom. The van der Waals surface area contributed by atoms with E-state index in [2.05, 4.69) is 15.5 Å². The Balaban J connectivity index is 1.76. The number of amides is 2. The quantitative estimate of drug-likeness (QED) is 0.764. The Hall–Kier alpha value is -3.08. The van der Waals surface area contributed by atoms with E-state index in [-0.39, 0.29) is 11.8 Å². The second-order valence-electron chi connectivity index (χ2n) is 5.68. The molecule has 0 saturated heterocycles. The smallest absolute Gasteiger partial charge is 0.244 e. The van der Waals surface area contributed by atoms with Crippen LogP contribution in [0.15, 0.2) is 60.7 Å². The molecule has 130 valence electrons. The minimum absolute atomic E-state index is 0.108. The molecule has 0 aromatic heterocycles. The molecule has 2 amide bonds. The minimum Gasteiger partial charge on any atom is -0.373 e. The van der Waals surface area contributed by atoms with Gasteiger partial charge in [0.25, 0.3) is 0 Å². The Bertz CT molecular complexity index is 724. The molecular weight excluding hydrogens is 314 g/mol. The Morgan fingerprint density at radius 2 is 1.72 bits per heavy atom. The van der Waals surface area contributed by atoms with E-state index in [9.17, 15) is 9.59 Å². The number of hydrogen-bond acceptors (Lipinski definition) is 3. The standard InChI is InChI=1S/C20H23N3O2/c1-16(24)22-18-11-8-17(9-12-18)10-13-20(25)21-14-15-23(2)19-6-4-3-5-7-19/h3-13H,14-15H2,1-2H3,(H,21,25)(H,22,24)/b13-10+. The molecule has 0 radical (unpaired) electrons. The summed E-state index contributed by atoms with van der Waals surface area (Å²) in [6.07, 6.45) is 3.25. The molecule has 0 fully saturated rings. The maximum absolute atomic E-state index is 11.9. The summed E-state index contributed by atoms with van der Waals surface area (Å²) in [5, 5.41) is 5.57. The monoisotopic (exact) mass is 337 g/mol. The van der Waals surface area contributed by atoms with Crippen LogP contribution in [0.1, 0.15) is 12.5 Å². The summed E-state index contributed by atoms with van der Waals surface area (Å²) in [7, 11) is 1.99. The number of nitrogens with one attached hydrogen (secondary N) is 2. The third-order valence-electron chi connectivity index (χ3n) is 3.60. The van der Waals surface area contributed by atoms with Crippen molar-refractivity contribution in [1.82, 2.24) is 5.32 Å². The maximum atomic E-state index is 11.9. The van der Waals surface area contributed by atoms with Crippen LogP contribution in [0.4, 0.5) is 11.4 Å². The van der Waals surface area contributed by atoms with E-state index in [1.807, 2.05) is 49.5 Å². The fourth-order valence-electron chi connectivity index (χ4n) is 2.27. The molecule has 0 heterocycles. The van der Waals surface area contributed by atoms with Crippen molar-refractivity contribution in [2.24, 2.45) is 0 Å². The zero-order valence-electron chi connectivity index (χ0n) is 14.5. The molecule has 5 nitrogen and oxygen atoms in total. The summed E-state index contributed by atoms with van der Waals surface area (Å²) in [5.74, 6) is -0.240. The SMILES string of the molecule is CC(=O)Nc1ccc(/C=C/C(=O)NCCN(C)c2ccccc2)cc1. The fourth-order valence-corrected chi connectivity index (χ4v) is 2.27. The van der Waals surface area contributed by atoms with Gasteiger partial charge in [-0.15, -0.1) is 0 Å².